The number of carbonyl (C=O) groups excluding carboxylic acids is 2. The van der Waals surface area contributed by atoms with Gasteiger partial charge in [-0.2, -0.15) is 5.10 Å². The van der Waals surface area contributed by atoms with Crippen LogP contribution < -0.4 is 0 Å². The zero-order chi connectivity index (χ0) is 22.7. The summed E-state index contributed by atoms with van der Waals surface area (Å²) in [6.45, 7) is 2.46. The first-order valence-corrected chi connectivity index (χ1v) is 11.2. The average Bonchev–Trinajstić information content (AvgIpc) is 3.44. The number of methoxy groups -OCH3 is 1. The molecule has 0 N–H and O–H groups in total. The first-order chi connectivity index (χ1) is 15.4. The van der Waals surface area contributed by atoms with Crippen molar-refractivity contribution in [3.8, 4) is 0 Å². The average molecular weight is 469 g/mol. The van der Waals surface area contributed by atoms with E-state index < -0.39 is 5.97 Å². The number of carbonyl (C=O) groups is 2. The van der Waals surface area contributed by atoms with E-state index in [0.717, 1.165) is 10.4 Å². The summed E-state index contributed by atoms with van der Waals surface area (Å²) in [5.74, 6) is -0.792. The van der Waals surface area contributed by atoms with E-state index >= 15 is 0 Å². The quantitative estimate of drug-likeness (QED) is 0.377. The number of nitrogens with zero attached hydrogens (tertiary/aromatic N) is 4. The van der Waals surface area contributed by atoms with Crippen molar-refractivity contribution in [3.63, 3.8) is 0 Å². The minimum atomic E-state index is -0.497. The Morgan fingerprint density at radius 1 is 1.22 bits per heavy atom. The van der Waals surface area contributed by atoms with E-state index in [1.807, 2.05) is 36.6 Å². The lowest BCUT2D eigenvalue weighted by molar-refractivity contribution is -0.141. The third kappa shape index (κ3) is 4.81. The van der Waals surface area contributed by atoms with Gasteiger partial charge in [-0.3, -0.25) is 9.59 Å². The zero-order valence-corrected chi connectivity index (χ0v) is 19.2. The van der Waals surface area contributed by atoms with E-state index in [1.165, 1.54) is 12.0 Å². The second-order valence-corrected chi connectivity index (χ2v) is 8.76. The largest absolute Gasteiger partial charge is 0.468 e. The molecule has 0 aliphatic heterocycles. The molecule has 4 aromatic rings. The first kappa shape index (κ1) is 22.0. The van der Waals surface area contributed by atoms with E-state index in [-0.39, 0.29) is 19.0 Å². The van der Waals surface area contributed by atoms with Crippen LogP contribution >= 0.6 is 22.9 Å². The highest BCUT2D eigenvalue weighted by Gasteiger charge is 2.24. The number of halogens is 1. The lowest BCUT2D eigenvalue weighted by atomic mass is 10.1. The highest BCUT2D eigenvalue weighted by atomic mass is 35.5. The Labute approximate surface area is 194 Å². The van der Waals surface area contributed by atoms with Crippen molar-refractivity contribution in [2.24, 2.45) is 0 Å². The predicted octanol–water partition coefficient (Wildman–Crippen LogP) is 4.32. The topological polar surface area (TPSA) is 77.3 Å². The summed E-state index contributed by atoms with van der Waals surface area (Å²) >= 11 is 7.62. The molecule has 3 aromatic heterocycles. The van der Waals surface area contributed by atoms with Gasteiger partial charge in [0.2, 0.25) is 0 Å². The molecule has 32 heavy (non-hydrogen) atoms. The molecule has 0 saturated heterocycles. The molecule has 0 unspecified atom stereocenters. The fourth-order valence-electron chi connectivity index (χ4n) is 3.42. The van der Waals surface area contributed by atoms with Crippen LogP contribution in [0.1, 0.15) is 26.5 Å². The number of aryl methyl sites for hydroxylation is 1. The van der Waals surface area contributed by atoms with E-state index in [0.29, 0.717) is 33.9 Å². The summed E-state index contributed by atoms with van der Waals surface area (Å²) in [4.78, 5) is 32.9. The number of benzene rings is 1. The Morgan fingerprint density at radius 2 is 2.00 bits per heavy atom. The standard InChI is InChI=1S/C23H21ClN4O3S/c1-15-10-19(20-11-25-28(22(20)26-15)13-18-4-3-9-32-18)23(30)27(14-21(29)31-2)12-16-5-7-17(24)8-6-16/h3-11H,12-14H2,1-2H3. The summed E-state index contributed by atoms with van der Waals surface area (Å²) in [5, 5.41) is 7.72. The van der Waals surface area contributed by atoms with Crippen molar-refractivity contribution in [2.45, 2.75) is 20.0 Å². The van der Waals surface area contributed by atoms with Crippen LogP contribution in [0.15, 0.2) is 54.0 Å². The number of pyridine rings is 1. The van der Waals surface area contributed by atoms with Crippen LogP contribution in [0.5, 0.6) is 0 Å². The molecule has 0 bridgehead atoms. The first-order valence-electron chi connectivity index (χ1n) is 9.90. The Bertz CT molecular complexity index is 1250. The van der Waals surface area contributed by atoms with Crippen molar-refractivity contribution < 1.29 is 14.3 Å². The van der Waals surface area contributed by atoms with Gasteiger partial charge < -0.3 is 9.64 Å². The van der Waals surface area contributed by atoms with E-state index in [1.54, 1.807) is 40.4 Å². The molecule has 4 rings (SSSR count). The smallest absolute Gasteiger partial charge is 0.325 e. The second-order valence-electron chi connectivity index (χ2n) is 7.29. The number of hydrogen-bond acceptors (Lipinski definition) is 6. The van der Waals surface area contributed by atoms with E-state index in [2.05, 4.69) is 10.1 Å². The molecule has 0 fully saturated rings. The van der Waals surface area contributed by atoms with Gasteiger partial charge in [0.15, 0.2) is 5.65 Å². The van der Waals surface area contributed by atoms with Gasteiger partial charge >= 0.3 is 5.97 Å². The van der Waals surface area contributed by atoms with Crippen LogP contribution in [-0.4, -0.2) is 45.2 Å². The van der Waals surface area contributed by atoms with Gasteiger partial charge in [-0.05, 0) is 42.1 Å². The molecule has 0 aliphatic carbocycles. The highest BCUT2D eigenvalue weighted by molar-refractivity contribution is 7.09. The summed E-state index contributed by atoms with van der Waals surface area (Å²) in [7, 11) is 1.30. The normalized spacial score (nSPS) is 11.0. The molecule has 0 aliphatic rings. The number of fused-ring (bicyclic) bond motifs is 1. The fraction of sp³-hybridized carbons (Fsp3) is 0.217. The SMILES string of the molecule is COC(=O)CN(Cc1ccc(Cl)cc1)C(=O)c1cc(C)nc2c1cnn2Cc1cccs1. The van der Waals surface area contributed by atoms with Crippen LogP contribution in [0.3, 0.4) is 0 Å². The van der Waals surface area contributed by atoms with Gasteiger partial charge in [0.25, 0.3) is 5.91 Å². The van der Waals surface area contributed by atoms with Crippen molar-refractivity contribution in [1.29, 1.82) is 0 Å². The maximum absolute atomic E-state index is 13.6. The van der Waals surface area contributed by atoms with Crippen LogP contribution in [0.2, 0.25) is 5.02 Å². The minimum absolute atomic E-state index is 0.176. The van der Waals surface area contributed by atoms with Crippen molar-refractivity contribution in [1.82, 2.24) is 19.7 Å². The molecule has 0 spiro atoms. The summed E-state index contributed by atoms with van der Waals surface area (Å²) < 4.78 is 6.60. The maximum Gasteiger partial charge on any atom is 0.325 e. The molecule has 3 heterocycles. The number of rotatable bonds is 7. The van der Waals surface area contributed by atoms with E-state index in [4.69, 9.17) is 16.3 Å². The number of hydrogen-bond donors (Lipinski definition) is 0. The molecular formula is C23H21ClN4O3S. The fourth-order valence-corrected chi connectivity index (χ4v) is 4.23. The number of thiophene rings is 1. The van der Waals surface area contributed by atoms with Crippen molar-refractivity contribution in [2.75, 3.05) is 13.7 Å². The molecule has 1 aromatic carbocycles. The Kier molecular flexibility index (Phi) is 6.53. The van der Waals surface area contributed by atoms with Gasteiger partial charge in [0.05, 0.1) is 30.8 Å². The van der Waals surface area contributed by atoms with Gasteiger partial charge in [-0.25, -0.2) is 9.67 Å². The Morgan fingerprint density at radius 3 is 2.69 bits per heavy atom. The Hall–Kier alpha value is -3.23. The monoisotopic (exact) mass is 468 g/mol. The summed E-state index contributed by atoms with van der Waals surface area (Å²) in [5.41, 5.74) is 2.62. The molecule has 7 nitrogen and oxygen atoms in total. The molecule has 0 radical (unpaired) electrons. The summed E-state index contributed by atoms with van der Waals surface area (Å²) in [6, 6.07) is 12.9. The van der Waals surface area contributed by atoms with Crippen molar-refractivity contribution in [3.05, 3.63) is 80.8 Å². The molecule has 0 saturated carbocycles. The molecule has 9 heteroatoms. The van der Waals surface area contributed by atoms with Gasteiger partial charge in [-0.15, -0.1) is 11.3 Å². The number of esters is 1. The summed E-state index contributed by atoms with van der Waals surface area (Å²) in [6.07, 6.45) is 1.65. The van der Waals surface area contributed by atoms with Crippen LogP contribution in [0.4, 0.5) is 0 Å². The third-order valence-electron chi connectivity index (χ3n) is 4.97. The molecule has 164 valence electrons. The predicted molar refractivity (Wildman–Crippen MR) is 124 cm³/mol. The minimum Gasteiger partial charge on any atom is -0.468 e. The van der Waals surface area contributed by atoms with Gasteiger partial charge in [0.1, 0.15) is 6.54 Å². The molecule has 0 atom stereocenters. The Balaban J connectivity index is 1.70. The lowest BCUT2D eigenvalue weighted by Crippen LogP contribution is -2.36. The third-order valence-corrected chi connectivity index (χ3v) is 6.09. The molecular weight excluding hydrogens is 448 g/mol. The van der Waals surface area contributed by atoms with Crippen LogP contribution in [-0.2, 0) is 22.6 Å². The number of amides is 1. The van der Waals surface area contributed by atoms with E-state index in [9.17, 15) is 9.59 Å². The highest BCUT2D eigenvalue weighted by Crippen LogP contribution is 2.23. The van der Waals surface area contributed by atoms with Crippen LogP contribution in [0, 0.1) is 6.92 Å². The number of aromatic nitrogens is 3. The second kappa shape index (κ2) is 9.50. The van der Waals surface area contributed by atoms with Gasteiger partial charge in [0, 0.05) is 22.1 Å². The van der Waals surface area contributed by atoms with Crippen LogP contribution in [0.25, 0.3) is 11.0 Å². The number of ether oxygens (including phenoxy) is 1. The zero-order valence-electron chi connectivity index (χ0n) is 17.6. The maximum atomic E-state index is 13.6. The molecule has 1 amide bonds. The lowest BCUT2D eigenvalue weighted by Gasteiger charge is -2.22. The van der Waals surface area contributed by atoms with Gasteiger partial charge in [-0.1, -0.05) is 29.8 Å². The van der Waals surface area contributed by atoms with Crippen molar-refractivity contribution >= 4 is 45.8 Å².